The Morgan fingerprint density at radius 3 is 2.79 bits per heavy atom. The topological polar surface area (TPSA) is 73.2 Å². The van der Waals surface area contributed by atoms with Crippen molar-refractivity contribution < 1.29 is 9.53 Å². The Morgan fingerprint density at radius 1 is 1.31 bits per heavy atom. The molecule has 1 aromatic heterocycles. The first-order chi connectivity index (χ1) is 13.9. The fourth-order valence-corrected chi connectivity index (χ4v) is 3.99. The molecule has 152 valence electrons. The largest absolute Gasteiger partial charge is 0.495 e. The molecule has 1 unspecified atom stereocenters. The molecule has 0 saturated heterocycles. The van der Waals surface area contributed by atoms with Crippen LogP contribution in [0.5, 0.6) is 5.75 Å². The van der Waals surface area contributed by atoms with E-state index in [1.54, 1.807) is 41.8 Å². The van der Waals surface area contributed by atoms with Crippen LogP contribution in [0.25, 0.3) is 10.9 Å². The first-order valence-electron chi connectivity index (χ1n) is 9.25. The number of fused-ring (bicyclic) bond motifs is 1. The van der Waals surface area contributed by atoms with Crippen molar-refractivity contribution in [1.82, 2.24) is 9.55 Å². The van der Waals surface area contributed by atoms with Gasteiger partial charge in [-0.1, -0.05) is 42.4 Å². The molecule has 0 bridgehead atoms. The second-order valence-corrected chi connectivity index (χ2v) is 8.21. The standard InChI is InChI=1S/C21H22ClN3O3S/c1-4-11-25-20(27)15-7-5-6-8-16(15)24-21(25)29-13(2)19(26)23-17-12-14(22)9-10-18(17)28-3/h5-10,12-13H,4,11H2,1-3H3,(H,23,26). The van der Waals surface area contributed by atoms with Crippen molar-refractivity contribution in [3.8, 4) is 5.75 Å². The molecule has 0 aliphatic rings. The summed E-state index contributed by atoms with van der Waals surface area (Å²) >= 11 is 7.29. The van der Waals surface area contributed by atoms with Crippen LogP contribution in [0.4, 0.5) is 5.69 Å². The van der Waals surface area contributed by atoms with Crippen LogP contribution >= 0.6 is 23.4 Å². The fraction of sp³-hybridized carbons (Fsp3) is 0.286. The van der Waals surface area contributed by atoms with Crippen LogP contribution in [0.15, 0.2) is 52.4 Å². The van der Waals surface area contributed by atoms with E-state index in [0.29, 0.717) is 39.1 Å². The van der Waals surface area contributed by atoms with Gasteiger partial charge in [0, 0.05) is 11.6 Å². The number of nitrogens with one attached hydrogen (secondary N) is 1. The third kappa shape index (κ3) is 4.74. The Hall–Kier alpha value is -2.51. The quantitative estimate of drug-likeness (QED) is 0.437. The summed E-state index contributed by atoms with van der Waals surface area (Å²) in [5.74, 6) is 0.285. The number of rotatable bonds is 7. The summed E-state index contributed by atoms with van der Waals surface area (Å²) in [7, 11) is 1.53. The molecule has 2 aromatic carbocycles. The van der Waals surface area contributed by atoms with E-state index in [1.807, 2.05) is 19.1 Å². The van der Waals surface area contributed by atoms with Gasteiger partial charge in [0.2, 0.25) is 5.91 Å². The van der Waals surface area contributed by atoms with Crippen LogP contribution < -0.4 is 15.6 Å². The predicted molar refractivity (Wildman–Crippen MR) is 118 cm³/mol. The van der Waals surface area contributed by atoms with Crippen LogP contribution in [0.1, 0.15) is 20.3 Å². The number of amides is 1. The lowest BCUT2D eigenvalue weighted by Gasteiger charge is -2.17. The first-order valence-corrected chi connectivity index (χ1v) is 10.5. The molecule has 0 aliphatic heterocycles. The molecule has 6 nitrogen and oxygen atoms in total. The summed E-state index contributed by atoms with van der Waals surface area (Å²) in [6, 6.07) is 12.3. The van der Waals surface area contributed by atoms with E-state index in [4.69, 9.17) is 16.3 Å². The molecule has 3 aromatic rings. The number of para-hydroxylation sites is 1. The Bertz CT molecular complexity index is 1100. The Morgan fingerprint density at radius 2 is 2.07 bits per heavy atom. The molecule has 0 fully saturated rings. The van der Waals surface area contributed by atoms with Gasteiger partial charge < -0.3 is 10.1 Å². The maximum Gasteiger partial charge on any atom is 0.262 e. The zero-order valence-electron chi connectivity index (χ0n) is 16.4. The Labute approximate surface area is 178 Å². The summed E-state index contributed by atoms with van der Waals surface area (Å²) in [6.45, 7) is 4.31. The van der Waals surface area contributed by atoms with E-state index in [1.165, 1.54) is 18.9 Å². The van der Waals surface area contributed by atoms with E-state index in [0.717, 1.165) is 6.42 Å². The van der Waals surface area contributed by atoms with Crippen LogP contribution in [0.3, 0.4) is 0 Å². The van der Waals surface area contributed by atoms with Crippen molar-refractivity contribution in [2.24, 2.45) is 0 Å². The van der Waals surface area contributed by atoms with Crippen molar-refractivity contribution in [2.45, 2.75) is 37.2 Å². The third-order valence-corrected chi connectivity index (χ3v) is 5.67. The number of methoxy groups -OCH3 is 1. The average Bonchev–Trinajstić information content (AvgIpc) is 2.71. The average molecular weight is 432 g/mol. The summed E-state index contributed by atoms with van der Waals surface area (Å²) < 4.78 is 6.91. The Balaban J connectivity index is 1.88. The first kappa shape index (κ1) is 21.2. The number of hydrogen-bond acceptors (Lipinski definition) is 5. The maximum atomic E-state index is 12.9. The third-order valence-electron chi connectivity index (χ3n) is 4.34. The maximum absolute atomic E-state index is 12.9. The second-order valence-electron chi connectivity index (χ2n) is 6.46. The number of carbonyl (C=O) groups is 1. The molecule has 0 radical (unpaired) electrons. The van der Waals surface area contributed by atoms with Crippen LogP contribution in [0.2, 0.25) is 5.02 Å². The molecule has 29 heavy (non-hydrogen) atoms. The molecule has 0 spiro atoms. The molecular formula is C21H22ClN3O3S. The summed E-state index contributed by atoms with van der Waals surface area (Å²) in [4.78, 5) is 30.3. The SMILES string of the molecule is CCCn1c(SC(C)C(=O)Nc2cc(Cl)ccc2OC)nc2ccccc2c1=O. The summed E-state index contributed by atoms with van der Waals surface area (Å²) in [6.07, 6.45) is 0.785. The van der Waals surface area contributed by atoms with Crippen molar-refractivity contribution in [1.29, 1.82) is 0 Å². The zero-order chi connectivity index (χ0) is 21.0. The molecule has 0 aliphatic carbocycles. The van der Waals surface area contributed by atoms with Gasteiger partial charge >= 0.3 is 0 Å². The lowest BCUT2D eigenvalue weighted by molar-refractivity contribution is -0.115. The molecule has 1 atom stereocenters. The highest BCUT2D eigenvalue weighted by atomic mass is 35.5. The molecule has 0 saturated carbocycles. The van der Waals surface area contributed by atoms with Gasteiger partial charge in [-0.25, -0.2) is 4.98 Å². The highest BCUT2D eigenvalue weighted by Crippen LogP contribution is 2.29. The molecular weight excluding hydrogens is 410 g/mol. The van der Waals surface area contributed by atoms with E-state index >= 15 is 0 Å². The van der Waals surface area contributed by atoms with Gasteiger partial charge in [0.25, 0.3) is 5.56 Å². The summed E-state index contributed by atoms with van der Waals surface area (Å²) in [5, 5.41) is 3.94. The van der Waals surface area contributed by atoms with Gasteiger partial charge in [0.1, 0.15) is 5.75 Å². The van der Waals surface area contributed by atoms with Crippen molar-refractivity contribution >= 4 is 45.9 Å². The number of benzene rings is 2. The molecule has 1 amide bonds. The number of thioether (sulfide) groups is 1. The van der Waals surface area contributed by atoms with Gasteiger partial charge in [0.15, 0.2) is 5.16 Å². The monoisotopic (exact) mass is 431 g/mol. The number of carbonyl (C=O) groups excluding carboxylic acids is 1. The van der Waals surface area contributed by atoms with E-state index in [2.05, 4.69) is 10.3 Å². The number of halogens is 1. The van der Waals surface area contributed by atoms with Gasteiger partial charge in [-0.3, -0.25) is 14.2 Å². The van der Waals surface area contributed by atoms with Crippen LogP contribution in [-0.4, -0.2) is 27.8 Å². The minimum Gasteiger partial charge on any atom is -0.495 e. The lowest BCUT2D eigenvalue weighted by Crippen LogP contribution is -2.27. The highest BCUT2D eigenvalue weighted by molar-refractivity contribution is 8.00. The fourth-order valence-electron chi connectivity index (χ4n) is 2.88. The summed E-state index contributed by atoms with van der Waals surface area (Å²) in [5.41, 5.74) is 1.02. The van der Waals surface area contributed by atoms with Gasteiger partial charge in [-0.05, 0) is 43.7 Å². The van der Waals surface area contributed by atoms with Gasteiger partial charge in [-0.2, -0.15) is 0 Å². The van der Waals surface area contributed by atoms with Crippen molar-refractivity contribution in [3.05, 3.63) is 57.8 Å². The van der Waals surface area contributed by atoms with Crippen LogP contribution in [0, 0.1) is 0 Å². The van der Waals surface area contributed by atoms with E-state index in [9.17, 15) is 9.59 Å². The minimum atomic E-state index is -0.491. The number of hydrogen-bond donors (Lipinski definition) is 1. The van der Waals surface area contributed by atoms with E-state index in [-0.39, 0.29) is 11.5 Å². The van der Waals surface area contributed by atoms with Gasteiger partial charge in [0.05, 0.1) is 29.0 Å². The Kier molecular flexibility index (Phi) is 6.82. The smallest absolute Gasteiger partial charge is 0.262 e. The molecule has 1 heterocycles. The molecule has 8 heteroatoms. The van der Waals surface area contributed by atoms with Gasteiger partial charge in [-0.15, -0.1) is 0 Å². The predicted octanol–water partition coefficient (Wildman–Crippen LogP) is 4.59. The van der Waals surface area contributed by atoms with E-state index < -0.39 is 5.25 Å². The number of anilines is 1. The van der Waals surface area contributed by atoms with Crippen molar-refractivity contribution in [2.75, 3.05) is 12.4 Å². The van der Waals surface area contributed by atoms with Crippen LogP contribution in [-0.2, 0) is 11.3 Å². The normalized spacial score (nSPS) is 12.0. The lowest BCUT2D eigenvalue weighted by atomic mass is 10.2. The highest BCUT2D eigenvalue weighted by Gasteiger charge is 2.20. The number of nitrogens with zero attached hydrogens (tertiary/aromatic N) is 2. The van der Waals surface area contributed by atoms with Crippen molar-refractivity contribution in [3.63, 3.8) is 0 Å². The second kappa shape index (κ2) is 9.33. The number of ether oxygens (including phenoxy) is 1. The zero-order valence-corrected chi connectivity index (χ0v) is 18.0. The number of aromatic nitrogens is 2. The minimum absolute atomic E-state index is 0.0935. The molecule has 3 rings (SSSR count). The molecule has 1 N–H and O–H groups in total.